The molecule has 0 aliphatic rings. The number of anilines is 1. The molecule has 0 aliphatic carbocycles. The van der Waals surface area contributed by atoms with E-state index in [2.05, 4.69) is 15.5 Å². The number of aromatic nitrogens is 2. The first-order valence-corrected chi connectivity index (χ1v) is 5.88. The zero-order valence-electron chi connectivity index (χ0n) is 10.8. The van der Waals surface area contributed by atoms with Crippen molar-refractivity contribution in [1.82, 2.24) is 10.2 Å². The zero-order valence-corrected chi connectivity index (χ0v) is 10.8. The second-order valence-electron chi connectivity index (χ2n) is 5.47. The first-order valence-electron chi connectivity index (χ1n) is 5.88. The Hall–Kier alpha value is -1.88. The van der Waals surface area contributed by atoms with Gasteiger partial charge in [0.05, 0.1) is 23.4 Å². The van der Waals surface area contributed by atoms with Gasteiger partial charge >= 0.3 is 0 Å². The van der Waals surface area contributed by atoms with E-state index in [0.29, 0.717) is 5.69 Å². The maximum Gasteiger partial charge on any atom is 0.241 e. The van der Waals surface area contributed by atoms with E-state index < -0.39 is 6.04 Å². The molecule has 18 heavy (non-hydrogen) atoms. The summed E-state index contributed by atoms with van der Waals surface area (Å²) >= 11 is 0. The van der Waals surface area contributed by atoms with Gasteiger partial charge in [0.15, 0.2) is 0 Å². The molecule has 2 aromatic rings. The van der Waals surface area contributed by atoms with Gasteiger partial charge in [-0.15, -0.1) is 0 Å². The molecule has 1 aromatic heterocycles. The number of para-hydroxylation sites is 1. The van der Waals surface area contributed by atoms with E-state index in [1.54, 1.807) is 6.20 Å². The Kier molecular flexibility index (Phi) is 3.09. The molecule has 1 unspecified atom stereocenters. The summed E-state index contributed by atoms with van der Waals surface area (Å²) in [6.45, 7) is 5.82. The maximum atomic E-state index is 12.1. The van der Waals surface area contributed by atoms with Crippen LogP contribution in [0.3, 0.4) is 0 Å². The van der Waals surface area contributed by atoms with Gasteiger partial charge in [-0.1, -0.05) is 32.9 Å². The monoisotopic (exact) mass is 246 g/mol. The molecule has 1 heterocycles. The second-order valence-corrected chi connectivity index (χ2v) is 5.47. The molecular weight excluding hydrogens is 228 g/mol. The number of carbonyl (C=O) groups is 1. The van der Waals surface area contributed by atoms with Crippen LogP contribution in [-0.4, -0.2) is 22.1 Å². The Labute approximate surface area is 106 Å². The highest BCUT2D eigenvalue weighted by molar-refractivity contribution is 6.02. The second kappa shape index (κ2) is 4.42. The lowest BCUT2D eigenvalue weighted by molar-refractivity contribution is -0.119. The van der Waals surface area contributed by atoms with Crippen molar-refractivity contribution in [3.63, 3.8) is 0 Å². The fourth-order valence-electron chi connectivity index (χ4n) is 1.68. The van der Waals surface area contributed by atoms with Gasteiger partial charge in [-0.05, 0) is 11.5 Å². The molecule has 0 fully saturated rings. The van der Waals surface area contributed by atoms with Crippen LogP contribution in [0.25, 0.3) is 10.9 Å². The van der Waals surface area contributed by atoms with Crippen molar-refractivity contribution in [3.8, 4) is 0 Å². The number of hydrogen-bond acceptors (Lipinski definition) is 3. The van der Waals surface area contributed by atoms with Crippen molar-refractivity contribution >= 4 is 22.5 Å². The Bertz CT molecular complexity index is 568. The quantitative estimate of drug-likeness (QED) is 0.756. The summed E-state index contributed by atoms with van der Waals surface area (Å²) < 4.78 is 0. The number of carbonyl (C=O) groups excluding carboxylic acids is 1. The van der Waals surface area contributed by atoms with Crippen LogP contribution in [0.1, 0.15) is 20.8 Å². The molecule has 5 heteroatoms. The summed E-state index contributed by atoms with van der Waals surface area (Å²) in [6.07, 6.45) is 1.72. The Balaban J connectivity index is 2.24. The van der Waals surface area contributed by atoms with Gasteiger partial charge in [-0.2, -0.15) is 5.10 Å². The minimum Gasteiger partial charge on any atom is -0.323 e. The molecule has 0 saturated heterocycles. The van der Waals surface area contributed by atoms with Gasteiger partial charge in [0, 0.05) is 5.39 Å². The van der Waals surface area contributed by atoms with E-state index in [4.69, 9.17) is 5.73 Å². The Morgan fingerprint density at radius 2 is 2.17 bits per heavy atom. The highest BCUT2D eigenvalue weighted by Gasteiger charge is 2.27. The summed E-state index contributed by atoms with van der Waals surface area (Å²) in [5.74, 6) is -0.190. The topological polar surface area (TPSA) is 83.8 Å². The third-order valence-corrected chi connectivity index (χ3v) is 2.95. The molecule has 0 aliphatic heterocycles. The first-order chi connectivity index (χ1) is 8.39. The lowest BCUT2D eigenvalue weighted by atomic mass is 9.87. The lowest BCUT2D eigenvalue weighted by Gasteiger charge is -2.25. The highest BCUT2D eigenvalue weighted by atomic mass is 16.2. The molecule has 4 N–H and O–H groups in total. The summed E-state index contributed by atoms with van der Waals surface area (Å²) in [5, 5.41) is 10.6. The number of H-pyrrole nitrogens is 1. The number of amides is 1. The minimum absolute atomic E-state index is 0.190. The van der Waals surface area contributed by atoms with E-state index in [1.165, 1.54) is 0 Å². The van der Waals surface area contributed by atoms with Gasteiger partial charge in [-0.3, -0.25) is 9.89 Å². The van der Waals surface area contributed by atoms with Crippen molar-refractivity contribution in [3.05, 3.63) is 24.4 Å². The summed E-state index contributed by atoms with van der Waals surface area (Å²) in [4.78, 5) is 12.1. The summed E-state index contributed by atoms with van der Waals surface area (Å²) in [7, 11) is 0. The van der Waals surface area contributed by atoms with Crippen LogP contribution in [0, 0.1) is 5.41 Å². The molecule has 96 valence electrons. The molecule has 0 bridgehead atoms. The molecule has 1 atom stereocenters. The summed E-state index contributed by atoms with van der Waals surface area (Å²) in [5.41, 5.74) is 7.17. The van der Waals surface area contributed by atoms with Crippen LogP contribution in [-0.2, 0) is 4.79 Å². The van der Waals surface area contributed by atoms with E-state index in [0.717, 1.165) is 10.9 Å². The van der Waals surface area contributed by atoms with Crippen LogP contribution in [0.15, 0.2) is 24.4 Å². The van der Waals surface area contributed by atoms with Gasteiger partial charge in [0.1, 0.15) is 0 Å². The number of nitrogens with two attached hydrogens (primary N) is 1. The van der Waals surface area contributed by atoms with E-state index >= 15 is 0 Å². The van der Waals surface area contributed by atoms with Gasteiger partial charge < -0.3 is 11.1 Å². The first kappa shape index (κ1) is 12.6. The number of aromatic amines is 1. The molecule has 0 spiro atoms. The van der Waals surface area contributed by atoms with Crippen LogP contribution >= 0.6 is 0 Å². The number of hydrogen-bond donors (Lipinski definition) is 3. The van der Waals surface area contributed by atoms with Crippen LogP contribution < -0.4 is 11.1 Å². The van der Waals surface area contributed by atoms with Crippen molar-refractivity contribution in [2.75, 3.05) is 5.32 Å². The predicted octanol–water partition coefficient (Wildman–Crippen LogP) is 1.87. The van der Waals surface area contributed by atoms with Crippen LogP contribution in [0.5, 0.6) is 0 Å². The SMILES string of the molecule is CC(C)(C)C(N)C(=O)Nc1cccc2cn[nH]c12. The molecule has 0 saturated carbocycles. The smallest absolute Gasteiger partial charge is 0.241 e. The number of fused-ring (bicyclic) bond motifs is 1. The summed E-state index contributed by atoms with van der Waals surface area (Å²) in [6, 6.07) is 5.07. The molecule has 1 amide bonds. The minimum atomic E-state index is -0.560. The predicted molar refractivity (Wildman–Crippen MR) is 72.2 cm³/mol. The Morgan fingerprint density at radius 3 is 2.83 bits per heavy atom. The molecular formula is C13H18N4O. The van der Waals surface area contributed by atoms with E-state index in [1.807, 2.05) is 39.0 Å². The van der Waals surface area contributed by atoms with Crippen molar-refractivity contribution in [2.45, 2.75) is 26.8 Å². The normalized spacial score (nSPS) is 13.6. The molecule has 2 rings (SSSR count). The number of rotatable bonds is 2. The molecule has 1 aromatic carbocycles. The molecule has 0 radical (unpaired) electrons. The van der Waals surface area contributed by atoms with Crippen molar-refractivity contribution < 1.29 is 4.79 Å². The molecule has 5 nitrogen and oxygen atoms in total. The average molecular weight is 246 g/mol. The lowest BCUT2D eigenvalue weighted by Crippen LogP contribution is -2.45. The Morgan fingerprint density at radius 1 is 1.44 bits per heavy atom. The maximum absolute atomic E-state index is 12.1. The number of nitrogens with one attached hydrogen (secondary N) is 2. The van der Waals surface area contributed by atoms with Gasteiger partial charge in [-0.25, -0.2) is 0 Å². The zero-order chi connectivity index (χ0) is 13.3. The van der Waals surface area contributed by atoms with Crippen LogP contribution in [0.2, 0.25) is 0 Å². The van der Waals surface area contributed by atoms with Gasteiger partial charge in [0.2, 0.25) is 5.91 Å². The number of nitrogens with zero attached hydrogens (tertiary/aromatic N) is 1. The van der Waals surface area contributed by atoms with Gasteiger partial charge in [0.25, 0.3) is 0 Å². The largest absolute Gasteiger partial charge is 0.323 e. The van der Waals surface area contributed by atoms with Crippen LogP contribution in [0.4, 0.5) is 5.69 Å². The highest BCUT2D eigenvalue weighted by Crippen LogP contribution is 2.23. The van der Waals surface area contributed by atoms with Crippen molar-refractivity contribution in [2.24, 2.45) is 11.1 Å². The standard InChI is InChI=1S/C13H18N4O/c1-13(2,3)11(14)12(18)16-9-6-4-5-8-7-15-17-10(8)9/h4-7,11H,14H2,1-3H3,(H,15,17)(H,16,18). The fourth-order valence-corrected chi connectivity index (χ4v) is 1.68. The van der Waals surface area contributed by atoms with E-state index in [9.17, 15) is 4.79 Å². The third-order valence-electron chi connectivity index (χ3n) is 2.95. The fraction of sp³-hybridized carbons (Fsp3) is 0.385. The van der Waals surface area contributed by atoms with E-state index in [-0.39, 0.29) is 11.3 Å². The third kappa shape index (κ3) is 2.36. The van der Waals surface area contributed by atoms with Crippen molar-refractivity contribution in [1.29, 1.82) is 0 Å². The average Bonchev–Trinajstić information content (AvgIpc) is 2.75. The number of benzene rings is 1.